The van der Waals surface area contributed by atoms with Gasteiger partial charge in [0.25, 0.3) is 0 Å². The van der Waals surface area contributed by atoms with Gasteiger partial charge in [-0.3, -0.25) is 0 Å². The molecule has 1 heterocycles. The lowest BCUT2D eigenvalue weighted by Gasteiger charge is -2.10. The van der Waals surface area contributed by atoms with Crippen molar-refractivity contribution in [3.63, 3.8) is 0 Å². The molecule has 1 unspecified atom stereocenters. The minimum absolute atomic E-state index is 0.00527. The van der Waals surface area contributed by atoms with Crippen LogP contribution in [0, 0.1) is 12.8 Å². The number of aromatic amines is 1. The molecule has 0 aliphatic rings. The van der Waals surface area contributed by atoms with Crippen molar-refractivity contribution in [1.82, 2.24) is 9.97 Å². The molecule has 0 saturated carbocycles. The highest BCUT2D eigenvalue weighted by Crippen LogP contribution is 2.17. The molecular weight excluding hydrogens is 190 g/mol. The quantitative estimate of drug-likeness (QED) is 0.782. The highest BCUT2D eigenvalue weighted by Gasteiger charge is 2.14. The van der Waals surface area contributed by atoms with Crippen molar-refractivity contribution in [1.29, 1.82) is 0 Å². The van der Waals surface area contributed by atoms with Gasteiger partial charge in [-0.05, 0) is 19.3 Å². The van der Waals surface area contributed by atoms with Gasteiger partial charge in [-0.25, -0.2) is 4.98 Å². The highest BCUT2D eigenvalue weighted by molar-refractivity contribution is 5.14. The zero-order valence-corrected chi connectivity index (χ0v) is 10.0. The van der Waals surface area contributed by atoms with Crippen molar-refractivity contribution in [2.45, 2.75) is 39.8 Å². The Kier molecular flexibility index (Phi) is 4.29. The molecule has 4 nitrogen and oxygen atoms in total. The largest absolute Gasteiger partial charge is 0.378 e. The van der Waals surface area contributed by atoms with Crippen LogP contribution in [0.5, 0.6) is 0 Å². The molecule has 1 rings (SSSR count). The van der Waals surface area contributed by atoms with Crippen molar-refractivity contribution in [2.24, 2.45) is 11.7 Å². The van der Waals surface area contributed by atoms with Gasteiger partial charge >= 0.3 is 0 Å². The average Bonchev–Trinajstić information content (AvgIpc) is 2.47. The predicted octanol–water partition coefficient (Wildman–Crippen LogP) is 1.91. The van der Waals surface area contributed by atoms with Crippen LogP contribution in [-0.2, 0) is 11.3 Å². The molecule has 15 heavy (non-hydrogen) atoms. The molecule has 0 aliphatic carbocycles. The van der Waals surface area contributed by atoms with E-state index in [1.807, 2.05) is 6.92 Å². The van der Waals surface area contributed by atoms with Crippen LogP contribution < -0.4 is 5.73 Å². The number of nitrogens with two attached hydrogens (primary N) is 1. The van der Waals surface area contributed by atoms with E-state index in [-0.39, 0.29) is 6.04 Å². The Morgan fingerprint density at radius 3 is 2.67 bits per heavy atom. The van der Waals surface area contributed by atoms with E-state index in [0.29, 0.717) is 12.5 Å². The minimum Gasteiger partial charge on any atom is -0.378 e. The molecule has 1 atom stereocenters. The second kappa shape index (κ2) is 5.28. The van der Waals surface area contributed by atoms with Crippen LogP contribution in [-0.4, -0.2) is 17.1 Å². The zero-order chi connectivity index (χ0) is 11.4. The zero-order valence-electron chi connectivity index (χ0n) is 10.0. The molecule has 0 radical (unpaired) electrons. The summed E-state index contributed by atoms with van der Waals surface area (Å²) in [6.07, 6.45) is 0.944. The molecule has 0 spiro atoms. The van der Waals surface area contributed by atoms with Crippen molar-refractivity contribution in [3.05, 3.63) is 17.2 Å². The first kappa shape index (κ1) is 12.2. The fourth-order valence-corrected chi connectivity index (χ4v) is 1.59. The fraction of sp³-hybridized carbons (Fsp3) is 0.727. The third kappa shape index (κ3) is 3.32. The van der Waals surface area contributed by atoms with Gasteiger partial charge < -0.3 is 15.5 Å². The van der Waals surface area contributed by atoms with E-state index < -0.39 is 0 Å². The molecule has 3 N–H and O–H groups in total. The summed E-state index contributed by atoms with van der Waals surface area (Å²) < 4.78 is 5.06. The SMILES string of the molecule is COCc1nc(C(N)CC(C)C)[nH]c1C. The summed E-state index contributed by atoms with van der Waals surface area (Å²) >= 11 is 0. The third-order valence-corrected chi connectivity index (χ3v) is 2.36. The number of methoxy groups -OCH3 is 1. The Bertz CT molecular complexity index is 307. The lowest BCUT2D eigenvalue weighted by molar-refractivity contribution is 0.181. The van der Waals surface area contributed by atoms with Crippen LogP contribution in [0.25, 0.3) is 0 Å². The number of ether oxygens (including phenoxy) is 1. The fourth-order valence-electron chi connectivity index (χ4n) is 1.59. The van der Waals surface area contributed by atoms with E-state index in [1.165, 1.54) is 0 Å². The second-order valence-electron chi connectivity index (χ2n) is 4.36. The summed E-state index contributed by atoms with van der Waals surface area (Å²) in [5.41, 5.74) is 8.04. The number of hydrogen-bond acceptors (Lipinski definition) is 3. The van der Waals surface area contributed by atoms with Crippen molar-refractivity contribution < 1.29 is 4.74 Å². The Hall–Kier alpha value is -0.870. The third-order valence-electron chi connectivity index (χ3n) is 2.36. The van der Waals surface area contributed by atoms with Crippen LogP contribution in [0.3, 0.4) is 0 Å². The van der Waals surface area contributed by atoms with Crippen LogP contribution in [0.15, 0.2) is 0 Å². The van der Waals surface area contributed by atoms with Crippen LogP contribution in [0.2, 0.25) is 0 Å². The van der Waals surface area contributed by atoms with E-state index in [2.05, 4.69) is 23.8 Å². The summed E-state index contributed by atoms with van der Waals surface area (Å²) in [4.78, 5) is 7.67. The van der Waals surface area contributed by atoms with Gasteiger partial charge in [0, 0.05) is 12.8 Å². The van der Waals surface area contributed by atoms with Gasteiger partial charge in [0.1, 0.15) is 5.82 Å². The first-order valence-corrected chi connectivity index (χ1v) is 5.34. The van der Waals surface area contributed by atoms with Crippen molar-refractivity contribution in [3.8, 4) is 0 Å². The molecule has 0 aliphatic heterocycles. The maximum Gasteiger partial charge on any atom is 0.123 e. The Labute approximate surface area is 91.2 Å². The van der Waals surface area contributed by atoms with E-state index in [0.717, 1.165) is 23.6 Å². The maximum atomic E-state index is 6.04. The van der Waals surface area contributed by atoms with Gasteiger partial charge in [-0.2, -0.15) is 0 Å². The molecule has 0 aromatic carbocycles. The Morgan fingerprint density at radius 1 is 1.47 bits per heavy atom. The molecule has 4 heteroatoms. The van der Waals surface area contributed by atoms with Gasteiger partial charge in [-0.15, -0.1) is 0 Å². The average molecular weight is 211 g/mol. The van der Waals surface area contributed by atoms with Gasteiger partial charge in [0.05, 0.1) is 18.3 Å². The van der Waals surface area contributed by atoms with E-state index in [4.69, 9.17) is 10.5 Å². The van der Waals surface area contributed by atoms with Crippen LogP contribution in [0.4, 0.5) is 0 Å². The molecular formula is C11H21N3O. The normalized spacial score (nSPS) is 13.5. The summed E-state index contributed by atoms with van der Waals surface area (Å²) in [6, 6.07) is -0.00527. The second-order valence-corrected chi connectivity index (χ2v) is 4.36. The summed E-state index contributed by atoms with van der Waals surface area (Å²) in [5, 5.41) is 0. The molecule has 1 aromatic heterocycles. The van der Waals surface area contributed by atoms with Crippen molar-refractivity contribution in [2.75, 3.05) is 7.11 Å². The molecule has 0 amide bonds. The van der Waals surface area contributed by atoms with E-state index in [1.54, 1.807) is 7.11 Å². The molecule has 0 saturated heterocycles. The van der Waals surface area contributed by atoms with Gasteiger partial charge in [0.15, 0.2) is 0 Å². The van der Waals surface area contributed by atoms with Gasteiger partial charge in [-0.1, -0.05) is 13.8 Å². The topological polar surface area (TPSA) is 63.9 Å². The number of aromatic nitrogens is 2. The smallest absolute Gasteiger partial charge is 0.123 e. The predicted molar refractivity (Wildman–Crippen MR) is 60.4 cm³/mol. The summed E-state index contributed by atoms with van der Waals surface area (Å²) in [5.74, 6) is 1.45. The monoisotopic (exact) mass is 211 g/mol. The number of H-pyrrole nitrogens is 1. The standard InChI is InChI=1S/C11H21N3O/c1-7(2)5-9(12)11-13-8(3)10(14-11)6-15-4/h7,9H,5-6,12H2,1-4H3,(H,13,14). The van der Waals surface area contributed by atoms with Crippen LogP contribution >= 0.6 is 0 Å². The maximum absolute atomic E-state index is 6.04. The number of hydrogen-bond donors (Lipinski definition) is 2. The molecule has 0 fully saturated rings. The number of nitrogens with one attached hydrogen (secondary N) is 1. The first-order valence-electron chi connectivity index (χ1n) is 5.34. The first-order chi connectivity index (χ1) is 7.04. The Morgan fingerprint density at radius 2 is 2.13 bits per heavy atom. The lowest BCUT2D eigenvalue weighted by Crippen LogP contribution is -2.14. The number of imidazole rings is 1. The Balaban J connectivity index is 2.73. The van der Waals surface area contributed by atoms with Gasteiger partial charge in [0.2, 0.25) is 0 Å². The van der Waals surface area contributed by atoms with Crippen LogP contribution in [0.1, 0.15) is 43.5 Å². The summed E-state index contributed by atoms with van der Waals surface area (Å²) in [6.45, 7) is 6.85. The number of rotatable bonds is 5. The number of nitrogens with zero attached hydrogens (tertiary/aromatic N) is 1. The van der Waals surface area contributed by atoms with E-state index in [9.17, 15) is 0 Å². The van der Waals surface area contributed by atoms with Crippen molar-refractivity contribution >= 4 is 0 Å². The minimum atomic E-state index is -0.00527. The lowest BCUT2D eigenvalue weighted by atomic mass is 10.0. The number of aryl methyl sites for hydroxylation is 1. The molecule has 1 aromatic rings. The molecule has 86 valence electrons. The highest BCUT2D eigenvalue weighted by atomic mass is 16.5. The van der Waals surface area contributed by atoms with E-state index >= 15 is 0 Å². The summed E-state index contributed by atoms with van der Waals surface area (Å²) in [7, 11) is 1.67. The molecule has 0 bridgehead atoms.